The highest BCUT2D eigenvalue weighted by atomic mass is 16.4. The lowest BCUT2D eigenvalue weighted by molar-refractivity contribution is 0.590. The molecule has 1 spiro atoms. The van der Waals surface area contributed by atoms with Gasteiger partial charge in [0.25, 0.3) is 0 Å². The number of hydrogen-bond acceptors (Lipinski definition) is 3. The van der Waals surface area contributed by atoms with Gasteiger partial charge in [0.15, 0.2) is 5.76 Å². The van der Waals surface area contributed by atoms with Crippen LogP contribution in [0.2, 0.25) is 0 Å². The van der Waals surface area contributed by atoms with Gasteiger partial charge in [-0.25, -0.2) is 4.98 Å². The summed E-state index contributed by atoms with van der Waals surface area (Å²) in [6.07, 6.45) is 0. The smallest absolute Gasteiger partial charge is 0.227 e. The lowest BCUT2D eigenvalue weighted by Crippen LogP contribution is -2.26. The van der Waals surface area contributed by atoms with E-state index in [1.54, 1.807) is 0 Å². The summed E-state index contributed by atoms with van der Waals surface area (Å²) in [4.78, 5) is 7.47. The number of nitrogens with zero attached hydrogens (tertiary/aromatic N) is 2. The minimum Gasteiger partial charge on any atom is -0.435 e. The second kappa shape index (κ2) is 10.5. The molecule has 3 nitrogen and oxygen atoms in total. The van der Waals surface area contributed by atoms with Crippen molar-refractivity contribution in [2.75, 3.05) is 4.90 Å². The van der Waals surface area contributed by atoms with E-state index >= 15 is 0 Å². The molecule has 8 aromatic carbocycles. The van der Waals surface area contributed by atoms with E-state index in [9.17, 15) is 0 Å². The summed E-state index contributed by atoms with van der Waals surface area (Å²) < 4.78 is 6.52. The van der Waals surface area contributed by atoms with Gasteiger partial charge in [-0.15, -0.1) is 0 Å². The maximum atomic E-state index is 6.52. The molecule has 9 aromatic rings. The van der Waals surface area contributed by atoms with Crippen molar-refractivity contribution in [2.45, 2.75) is 5.41 Å². The van der Waals surface area contributed by atoms with E-state index in [0.29, 0.717) is 5.89 Å². The normalized spacial score (nSPS) is 13.4. The Kier molecular flexibility index (Phi) is 5.70. The summed E-state index contributed by atoms with van der Waals surface area (Å²) in [7, 11) is 0. The predicted octanol–water partition coefficient (Wildman–Crippen LogP) is 13.0. The highest BCUT2D eigenvalue weighted by Gasteiger charge is 2.51. The summed E-state index contributed by atoms with van der Waals surface area (Å²) in [5, 5.41) is 2.34. The van der Waals surface area contributed by atoms with Crippen molar-refractivity contribution in [3.05, 3.63) is 204 Å². The van der Waals surface area contributed by atoms with Crippen LogP contribution < -0.4 is 4.90 Å². The Balaban J connectivity index is 1.09. The second-order valence-corrected chi connectivity index (χ2v) is 14.2. The van der Waals surface area contributed by atoms with Gasteiger partial charge >= 0.3 is 0 Å². The molecule has 3 aliphatic carbocycles. The van der Waals surface area contributed by atoms with Gasteiger partial charge in [0, 0.05) is 38.8 Å². The Bertz CT molecular complexity index is 2870. The molecule has 12 rings (SSSR count). The summed E-state index contributed by atoms with van der Waals surface area (Å²) >= 11 is 0. The maximum Gasteiger partial charge on any atom is 0.227 e. The third-order valence-electron chi connectivity index (χ3n) is 11.7. The van der Waals surface area contributed by atoms with E-state index in [4.69, 9.17) is 9.40 Å². The zero-order valence-corrected chi connectivity index (χ0v) is 28.6. The molecule has 246 valence electrons. The number of benzene rings is 8. The molecule has 3 heteroatoms. The summed E-state index contributed by atoms with van der Waals surface area (Å²) in [6.45, 7) is 0. The molecule has 0 aliphatic heterocycles. The minimum absolute atomic E-state index is 0.421. The van der Waals surface area contributed by atoms with Crippen molar-refractivity contribution in [3.63, 3.8) is 0 Å². The molecule has 0 bridgehead atoms. The summed E-state index contributed by atoms with van der Waals surface area (Å²) in [5.74, 6) is 1.49. The molecule has 3 aliphatic rings. The van der Waals surface area contributed by atoms with Gasteiger partial charge in [0.2, 0.25) is 5.89 Å². The highest BCUT2D eigenvalue weighted by Crippen LogP contribution is 2.63. The number of oxazole rings is 1. The van der Waals surface area contributed by atoms with Crippen molar-refractivity contribution in [3.8, 4) is 56.3 Å². The van der Waals surface area contributed by atoms with E-state index < -0.39 is 5.41 Å². The fourth-order valence-electron chi connectivity index (χ4n) is 9.59. The predicted molar refractivity (Wildman–Crippen MR) is 215 cm³/mol. The topological polar surface area (TPSA) is 29.3 Å². The fraction of sp³-hybridized carbons (Fsp3) is 0.0200. The Morgan fingerprint density at radius 3 is 1.68 bits per heavy atom. The van der Waals surface area contributed by atoms with Gasteiger partial charge in [-0.3, -0.25) is 0 Å². The van der Waals surface area contributed by atoms with E-state index in [1.807, 2.05) is 30.3 Å². The molecule has 0 N–H and O–H groups in total. The molecule has 0 unspecified atom stereocenters. The van der Waals surface area contributed by atoms with E-state index in [2.05, 4.69) is 157 Å². The Morgan fingerprint density at radius 1 is 0.434 bits per heavy atom. The molecule has 0 saturated carbocycles. The number of para-hydroxylation sites is 1. The average Bonchev–Trinajstić information content (AvgIpc) is 3.96. The van der Waals surface area contributed by atoms with Crippen molar-refractivity contribution in [1.82, 2.24) is 4.98 Å². The molecule has 0 fully saturated rings. The maximum absolute atomic E-state index is 6.52. The lowest BCUT2D eigenvalue weighted by atomic mass is 9.70. The van der Waals surface area contributed by atoms with Crippen molar-refractivity contribution >= 4 is 27.8 Å². The minimum atomic E-state index is -0.421. The second-order valence-electron chi connectivity index (χ2n) is 14.2. The first-order valence-electron chi connectivity index (χ1n) is 18.2. The Labute approximate surface area is 307 Å². The van der Waals surface area contributed by atoms with Gasteiger partial charge in [0.1, 0.15) is 5.69 Å². The molecule has 53 heavy (non-hydrogen) atoms. The quantitative estimate of drug-likeness (QED) is 0.186. The summed E-state index contributed by atoms with van der Waals surface area (Å²) in [5.41, 5.74) is 17.5. The van der Waals surface area contributed by atoms with Gasteiger partial charge < -0.3 is 9.32 Å². The average molecular weight is 675 g/mol. The Hall–Kier alpha value is -6.97. The third kappa shape index (κ3) is 3.70. The number of anilines is 3. The molecule has 0 radical (unpaired) electrons. The van der Waals surface area contributed by atoms with Crippen LogP contribution >= 0.6 is 0 Å². The number of hydrogen-bond donors (Lipinski definition) is 0. The molecule has 0 amide bonds. The lowest BCUT2D eigenvalue weighted by Gasteiger charge is -2.32. The third-order valence-corrected chi connectivity index (χ3v) is 11.7. The van der Waals surface area contributed by atoms with Crippen molar-refractivity contribution < 1.29 is 4.42 Å². The molecule has 1 aromatic heterocycles. The largest absolute Gasteiger partial charge is 0.435 e. The van der Waals surface area contributed by atoms with Crippen LogP contribution in [0.15, 0.2) is 186 Å². The van der Waals surface area contributed by atoms with Crippen LogP contribution in [0.3, 0.4) is 0 Å². The fourth-order valence-corrected chi connectivity index (χ4v) is 9.59. The van der Waals surface area contributed by atoms with Gasteiger partial charge in [-0.2, -0.15) is 0 Å². The molecule has 0 atom stereocenters. The first-order valence-corrected chi connectivity index (χ1v) is 18.2. The molecule has 0 saturated heterocycles. The van der Waals surface area contributed by atoms with Crippen LogP contribution in [0.25, 0.3) is 67.1 Å². The highest BCUT2D eigenvalue weighted by molar-refractivity contribution is 6.17. The van der Waals surface area contributed by atoms with Crippen LogP contribution in [-0.4, -0.2) is 4.98 Å². The first kappa shape index (κ1) is 28.7. The first-order chi connectivity index (χ1) is 26.3. The van der Waals surface area contributed by atoms with Crippen molar-refractivity contribution in [2.24, 2.45) is 0 Å². The van der Waals surface area contributed by atoms with Crippen molar-refractivity contribution in [1.29, 1.82) is 0 Å². The standard InChI is InChI=1S/C50H30N2O/c1-3-14-31(15-4-1)49-51-47-39-28-29-45(38-21-13-22-40(46(38)39)48(47)53-49)52(32-16-5-2-6-17-32)33-26-27-37-36-20-9-12-25-43(36)50(44(37)30-33)41-23-10-7-18-34(41)35-19-8-11-24-42(35)50/h1-30H. The van der Waals surface area contributed by atoms with Crippen LogP contribution in [0.5, 0.6) is 0 Å². The van der Waals surface area contributed by atoms with Crippen LogP contribution in [0.4, 0.5) is 17.1 Å². The van der Waals surface area contributed by atoms with Gasteiger partial charge in [-0.1, -0.05) is 133 Å². The molecular formula is C50H30N2O. The van der Waals surface area contributed by atoms with Gasteiger partial charge in [-0.05, 0) is 93.0 Å². The zero-order valence-electron chi connectivity index (χ0n) is 28.6. The van der Waals surface area contributed by atoms with Crippen LogP contribution in [-0.2, 0) is 5.41 Å². The number of rotatable bonds is 4. The van der Waals surface area contributed by atoms with Crippen LogP contribution in [0, 0.1) is 0 Å². The van der Waals surface area contributed by atoms with E-state index in [-0.39, 0.29) is 0 Å². The monoisotopic (exact) mass is 674 g/mol. The number of fused-ring (bicyclic) bond motifs is 13. The molecular weight excluding hydrogens is 645 g/mol. The van der Waals surface area contributed by atoms with E-state index in [1.165, 1.54) is 49.9 Å². The van der Waals surface area contributed by atoms with E-state index in [0.717, 1.165) is 50.6 Å². The summed E-state index contributed by atoms with van der Waals surface area (Å²) in [6, 6.07) is 66.1. The number of aromatic nitrogens is 1. The van der Waals surface area contributed by atoms with Crippen LogP contribution in [0.1, 0.15) is 22.3 Å². The SMILES string of the molecule is c1ccc(-c2nc3c(o2)-c2cccc4c(N(c5ccccc5)c5ccc6c(c5)C5(c7ccccc7-c7ccccc75)c5ccccc5-6)ccc-3c24)cc1. The Morgan fingerprint density at radius 2 is 1.00 bits per heavy atom. The molecule has 1 heterocycles. The van der Waals surface area contributed by atoms with Gasteiger partial charge in [0.05, 0.1) is 11.1 Å². The zero-order chi connectivity index (χ0) is 34.7.